The van der Waals surface area contributed by atoms with Crippen molar-refractivity contribution in [3.63, 3.8) is 0 Å². The molecule has 1 aromatic rings. The van der Waals surface area contributed by atoms with E-state index < -0.39 is 0 Å². The average Bonchev–Trinajstić information content (AvgIpc) is 2.79. The van der Waals surface area contributed by atoms with Gasteiger partial charge in [-0.05, 0) is 6.92 Å². The SMILES string of the molecule is CCOC(=O)c1nc(CN2CCOCC2)cs1. The highest BCUT2D eigenvalue weighted by atomic mass is 32.1. The number of aromatic nitrogens is 1. The van der Waals surface area contributed by atoms with Gasteiger partial charge >= 0.3 is 5.97 Å². The van der Waals surface area contributed by atoms with Crippen LogP contribution >= 0.6 is 11.3 Å². The van der Waals surface area contributed by atoms with Crippen LogP contribution in [0.2, 0.25) is 0 Å². The van der Waals surface area contributed by atoms with Gasteiger partial charge in [0.05, 0.1) is 25.5 Å². The predicted molar refractivity (Wildman–Crippen MR) is 64.2 cm³/mol. The van der Waals surface area contributed by atoms with Crippen LogP contribution in [0.25, 0.3) is 0 Å². The maximum atomic E-state index is 11.4. The van der Waals surface area contributed by atoms with E-state index in [1.807, 2.05) is 5.38 Å². The van der Waals surface area contributed by atoms with E-state index in [0.717, 1.165) is 38.5 Å². The lowest BCUT2D eigenvalue weighted by molar-refractivity contribution is 0.0336. The number of hydrogen-bond donors (Lipinski definition) is 0. The zero-order valence-corrected chi connectivity index (χ0v) is 10.7. The van der Waals surface area contributed by atoms with Gasteiger partial charge < -0.3 is 9.47 Å². The topological polar surface area (TPSA) is 51.7 Å². The number of ether oxygens (including phenoxy) is 2. The summed E-state index contributed by atoms with van der Waals surface area (Å²) in [5, 5.41) is 2.36. The molecule has 2 rings (SSSR count). The molecule has 17 heavy (non-hydrogen) atoms. The number of carbonyl (C=O) groups excluding carboxylic acids is 1. The first-order valence-corrected chi connectivity index (χ1v) is 6.59. The van der Waals surface area contributed by atoms with Crippen LogP contribution in [0, 0.1) is 0 Å². The summed E-state index contributed by atoms with van der Waals surface area (Å²) in [5.41, 5.74) is 0.931. The van der Waals surface area contributed by atoms with Gasteiger partial charge in [-0.3, -0.25) is 4.90 Å². The quantitative estimate of drug-likeness (QED) is 0.756. The van der Waals surface area contributed by atoms with Gasteiger partial charge in [0.15, 0.2) is 0 Å². The van der Waals surface area contributed by atoms with E-state index in [4.69, 9.17) is 9.47 Å². The maximum Gasteiger partial charge on any atom is 0.367 e. The normalized spacial score (nSPS) is 17.0. The molecule has 94 valence electrons. The van der Waals surface area contributed by atoms with E-state index in [9.17, 15) is 4.79 Å². The monoisotopic (exact) mass is 256 g/mol. The van der Waals surface area contributed by atoms with E-state index in [1.54, 1.807) is 6.92 Å². The highest BCUT2D eigenvalue weighted by Gasteiger charge is 2.15. The van der Waals surface area contributed by atoms with Crippen molar-refractivity contribution in [2.45, 2.75) is 13.5 Å². The molecule has 0 atom stereocenters. The van der Waals surface area contributed by atoms with Gasteiger partial charge in [-0.1, -0.05) is 0 Å². The number of esters is 1. The Labute approximate surface area is 104 Å². The molecule has 0 N–H and O–H groups in total. The second kappa shape index (κ2) is 6.09. The average molecular weight is 256 g/mol. The first-order chi connectivity index (χ1) is 8.29. The standard InChI is InChI=1S/C11H16N2O3S/c1-2-16-11(14)10-12-9(8-17-10)7-13-3-5-15-6-4-13/h8H,2-7H2,1H3. The molecule has 1 aromatic heterocycles. The van der Waals surface area contributed by atoms with E-state index in [0.29, 0.717) is 11.6 Å². The molecule has 1 fully saturated rings. The fraction of sp³-hybridized carbons (Fsp3) is 0.636. The summed E-state index contributed by atoms with van der Waals surface area (Å²) in [6, 6.07) is 0. The van der Waals surface area contributed by atoms with Crippen LogP contribution in [0.5, 0.6) is 0 Å². The Bertz CT molecular complexity index is 375. The Morgan fingerprint density at radius 3 is 3.06 bits per heavy atom. The van der Waals surface area contributed by atoms with Gasteiger partial charge in [-0.2, -0.15) is 0 Å². The molecular weight excluding hydrogens is 240 g/mol. The fourth-order valence-corrected chi connectivity index (χ4v) is 2.35. The molecule has 0 radical (unpaired) electrons. The zero-order chi connectivity index (χ0) is 12.1. The van der Waals surface area contributed by atoms with Crippen molar-refractivity contribution in [1.82, 2.24) is 9.88 Å². The van der Waals surface area contributed by atoms with E-state index in [1.165, 1.54) is 11.3 Å². The molecular formula is C11H16N2O3S. The molecule has 0 spiro atoms. The van der Waals surface area contributed by atoms with Crippen LogP contribution in [-0.4, -0.2) is 48.8 Å². The Hall–Kier alpha value is -0.980. The van der Waals surface area contributed by atoms with Crippen molar-refractivity contribution in [3.8, 4) is 0 Å². The lowest BCUT2D eigenvalue weighted by Crippen LogP contribution is -2.35. The summed E-state index contributed by atoms with van der Waals surface area (Å²) in [5.74, 6) is -0.328. The summed E-state index contributed by atoms with van der Waals surface area (Å²) < 4.78 is 10.2. The summed E-state index contributed by atoms with van der Waals surface area (Å²) in [4.78, 5) is 18.0. The van der Waals surface area contributed by atoms with Crippen molar-refractivity contribution in [1.29, 1.82) is 0 Å². The molecule has 5 nitrogen and oxygen atoms in total. The van der Waals surface area contributed by atoms with Gasteiger partial charge in [-0.15, -0.1) is 11.3 Å². The third-order valence-electron chi connectivity index (χ3n) is 2.49. The summed E-state index contributed by atoms with van der Waals surface area (Å²) in [6.45, 7) is 6.35. The fourth-order valence-electron chi connectivity index (χ4n) is 1.65. The van der Waals surface area contributed by atoms with Gasteiger partial charge in [0.2, 0.25) is 5.01 Å². The Kier molecular flexibility index (Phi) is 4.47. The Balaban J connectivity index is 1.91. The second-order valence-electron chi connectivity index (χ2n) is 3.75. The van der Waals surface area contributed by atoms with E-state index >= 15 is 0 Å². The Morgan fingerprint density at radius 1 is 1.59 bits per heavy atom. The third-order valence-corrected chi connectivity index (χ3v) is 3.36. The molecule has 2 heterocycles. The minimum atomic E-state index is -0.328. The number of rotatable bonds is 4. The lowest BCUT2D eigenvalue weighted by atomic mass is 10.3. The molecule has 1 saturated heterocycles. The maximum absolute atomic E-state index is 11.4. The van der Waals surface area contributed by atoms with Crippen molar-refractivity contribution >= 4 is 17.3 Å². The number of nitrogens with zero attached hydrogens (tertiary/aromatic N) is 2. The first kappa shape index (κ1) is 12.5. The van der Waals surface area contributed by atoms with Crippen LogP contribution in [0.15, 0.2) is 5.38 Å². The molecule has 6 heteroatoms. The zero-order valence-electron chi connectivity index (χ0n) is 9.85. The van der Waals surface area contributed by atoms with Crippen LogP contribution in [-0.2, 0) is 16.0 Å². The smallest absolute Gasteiger partial charge is 0.367 e. The number of carbonyl (C=O) groups is 1. The molecule has 0 saturated carbocycles. The molecule has 1 aliphatic rings. The number of thiazole rings is 1. The van der Waals surface area contributed by atoms with Gasteiger partial charge in [0, 0.05) is 25.0 Å². The van der Waals surface area contributed by atoms with Gasteiger partial charge in [0.25, 0.3) is 0 Å². The van der Waals surface area contributed by atoms with E-state index in [-0.39, 0.29) is 5.97 Å². The molecule has 0 bridgehead atoms. The van der Waals surface area contributed by atoms with Crippen molar-refractivity contribution in [2.75, 3.05) is 32.9 Å². The Morgan fingerprint density at radius 2 is 2.35 bits per heavy atom. The van der Waals surface area contributed by atoms with Gasteiger partial charge in [-0.25, -0.2) is 9.78 Å². The molecule has 0 aromatic carbocycles. The van der Waals surface area contributed by atoms with Crippen LogP contribution in [0.1, 0.15) is 22.4 Å². The number of morpholine rings is 1. The van der Waals surface area contributed by atoms with Gasteiger partial charge in [0.1, 0.15) is 0 Å². The lowest BCUT2D eigenvalue weighted by Gasteiger charge is -2.25. The summed E-state index contributed by atoms with van der Waals surface area (Å²) in [6.07, 6.45) is 0. The highest BCUT2D eigenvalue weighted by Crippen LogP contribution is 2.13. The van der Waals surface area contributed by atoms with Crippen molar-refractivity contribution in [3.05, 3.63) is 16.1 Å². The molecule has 0 amide bonds. The van der Waals surface area contributed by atoms with E-state index in [2.05, 4.69) is 9.88 Å². The highest BCUT2D eigenvalue weighted by molar-refractivity contribution is 7.11. The van der Waals surface area contributed by atoms with Crippen LogP contribution < -0.4 is 0 Å². The third kappa shape index (κ3) is 3.49. The molecule has 0 unspecified atom stereocenters. The predicted octanol–water partition coefficient (Wildman–Crippen LogP) is 1.15. The minimum absolute atomic E-state index is 0.328. The van der Waals surface area contributed by atoms with Crippen molar-refractivity contribution < 1.29 is 14.3 Å². The minimum Gasteiger partial charge on any atom is -0.461 e. The molecule has 0 aliphatic carbocycles. The van der Waals surface area contributed by atoms with Crippen LogP contribution in [0.3, 0.4) is 0 Å². The molecule has 1 aliphatic heterocycles. The van der Waals surface area contributed by atoms with Crippen molar-refractivity contribution in [2.24, 2.45) is 0 Å². The van der Waals surface area contributed by atoms with Crippen LogP contribution in [0.4, 0.5) is 0 Å². The second-order valence-corrected chi connectivity index (χ2v) is 4.61. The number of hydrogen-bond acceptors (Lipinski definition) is 6. The summed E-state index contributed by atoms with van der Waals surface area (Å²) in [7, 11) is 0. The first-order valence-electron chi connectivity index (χ1n) is 5.71. The largest absolute Gasteiger partial charge is 0.461 e. The summed E-state index contributed by atoms with van der Waals surface area (Å²) >= 11 is 1.34.